The lowest BCUT2D eigenvalue weighted by atomic mass is 10.0. The molecule has 1 aromatic heterocycles. The summed E-state index contributed by atoms with van der Waals surface area (Å²) in [5.74, 6) is 0.462. The fraction of sp³-hybridized carbons (Fsp3) is 0.182. The lowest BCUT2D eigenvalue weighted by Gasteiger charge is -2.11. The van der Waals surface area contributed by atoms with Crippen LogP contribution in [0.3, 0.4) is 0 Å². The second-order valence-corrected chi connectivity index (χ2v) is 7.32. The Balaban J connectivity index is 1.75. The van der Waals surface area contributed by atoms with Crippen LogP contribution in [0.1, 0.15) is 22.4 Å². The number of pyridine rings is 1. The number of nitrogens with two attached hydrogens (primary N) is 1. The van der Waals surface area contributed by atoms with Crippen molar-refractivity contribution in [3.63, 3.8) is 0 Å². The number of aromatic nitrogens is 1. The normalized spacial score (nSPS) is 11.6. The topological polar surface area (TPSA) is 63.3 Å². The SMILES string of the molecule is C/N=C(/N)c1nc(-c2ccc(SNCc3ccccc3)cc2C)ccc1C. The highest BCUT2D eigenvalue weighted by Gasteiger charge is 2.10. The summed E-state index contributed by atoms with van der Waals surface area (Å²) in [6.07, 6.45) is 0. The van der Waals surface area contributed by atoms with Gasteiger partial charge in [0.25, 0.3) is 0 Å². The van der Waals surface area contributed by atoms with Crippen LogP contribution in [0.15, 0.2) is 70.6 Å². The van der Waals surface area contributed by atoms with Gasteiger partial charge in [0.1, 0.15) is 11.5 Å². The molecule has 0 bridgehead atoms. The maximum atomic E-state index is 5.98. The van der Waals surface area contributed by atoms with E-state index in [0.29, 0.717) is 5.84 Å². The molecule has 0 amide bonds. The van der Waals surface area contributed by atoms with Gasteiger partial charge in [-0.15, -0.1) is 0 Å². The maximum Gasteiger partial charge on any atom is 0.144 e. The van der Waals surface area contributed by atoms with E-state index in [-0.39, 0.29) is 0 Å². The largest absolute Gasteiger partial charge is 0.382 e. The number of amidine groups is 1. The first-order chi connectivity index (χ1) is 13.1. The molecule has 1 heterocycles. The molecule has 0 fully saturated rings. The van der Waals surface area contributed by atoms with Gasteiger partial charge in [-0.25, -0.2) is 4.98 Å². The number of hydrogen-bond donors (Lipinski definition) is 2. The summed E-state index contributed by atoms with van der Waals surface area (Å²) in [6, 6.07) is 20.9. The third-order valence-corrected chi connectivity index (χ3v) is 5.14. The lowest BCUT2D eigenvalue weighted by molar-refractivity contribution is 0.975. The molecule has 3 N–H and O–H groups in total. The molecular formula is C22H24N4S. The fourth-order valence-corrected chi connectivity index (χ4v) is 3.61. The molecule has 0 saturated carbocycles. The van der Waals surface area contributed by atoms with Gasteiger partial charge in [-0.2, -0.15) is 0 Å². The molecule has 3 aromatic rings. The predicted molar refractivity (Wildman–Crippen MR) is 115 cm³/mol. The highest BCUT2D eigenvalue weighted by Crippen LogP contribution is 2.27. The molecule has 0 aliphatic carbocycles. The van der Waals surface area contributed by atoms with E-state index in [1.165, 1.54) is 16.0 Å². The quantitative estimate of drug-likeness (QED) is 0.378. The van der Waals surface area contributed by atoms with Crippen molar-refractivity contribution in [2.45, 2.75) is 25.3 Å². The van der Waals surface area contributed by atoms with Crippen molar-refractivity contribution >= 4 is 17.8 Å². The first kappa shape index (κ1) is 19.1. The summed E-state index contributed by atoms with van der Waals surface area (Å²) in [5.41, 5.74) is 12.2. The smallest absolute Gasteiger partial charge is 0.144 e. The van der Waals surface area contributed by atoms with Gasteiger partial charge in [0.15, 0.2) is 0 Å². The molecule has 2 aromatic carbocycles. The standard InChI is InChI=1S/C22H24N4S/c1-15-9-12-20(26-21(15)22(23)24-3)19-11-10-18(13-16(19)2)27-25-14-17-7-5-4-6-8-17/h4-13,25H,14H2,1-3H3,(H2,23,24). The van der Waals surface area contributed by atoms with E-state index in [4.69, 9.17) is 10.7 Å². The molecular weight excluding hydrogens is 352 g/mol. The molecule has 3 rings (SSSR count). The summed E-state index contributed by atoms with van der Waals surface area (Å²) in [4.78, 5) is 9.97. The zero-order valence-electron chi connectivity index (χ0n) is 15.9. The Kier molecular flexibility index (Phi) is 6.27. The van der Waals surface area contributed by atoms with Gasteiger partial charge < -0.3 is 5.73 Å². The third kappa shape index (κ3) is 4.76. The van der Waals surface area contributed by atoms with Gasteiger partial charge in [0, 0.05) is 24.1 Å². The van der Waals surface area contributed by atoms with Crippen LogP contribution in [0.5, 0.6) is 0 Å². The van der Waals surface area contributed by atoms with Crippen molar-refractivity contribution in [2.75, 3.05) is 7.05 Å². The number of nitrogens with one attached hydrogen (secondary N) is 1. The Morgan fingerprint density at radius 3 is 2.52 bits per heavy atom. The number of benzene rings is 2. The van der Waals surface area contributed by atoms with Crippen molar-refractivity contribution in [1.82, 2.24) is 9.71 Å². The van der Waals surface area contributed by atoms with Gasteiger partial charge in [-0.1, -0.05) is 42.5 Å². The van der Waals surface area contributed by atoms with Crippen LogP contribution in [0.25, 0.3) is 11.3 Å². The summed E-state index contributed by atoms with van der Waals surface area (Å²) < 4.78 is 3.41. The Labute approximate surface area is 165 Å². The van der Waals surface area contributed by atoms with Crippen molar-refractivity contribution in [3.05, 3.63) is 83.0 Å². The molecule has 138 valence electrons. The number of rotatable bonds is 6. The first-order valence-electron chi connectivity index (χ1n) is 8.83. The second kappa shape index (κ2) is 8.84. The van der Waals surface area contributed by atoms with Gasteiger partial charge in [-0.05, 0) is 60.7 Å². The van der Waals surface area contributed by atoms with E-state index >= 15 is 0 Å². The molecule has 5 heteroatoms. The van der Waals surface area contributed by atoms with Crippen molar-refractivity contribution in [2.24, 2.45) is 10.7 Å². The number of aliphatic imine (C=N–C) groups is 1. The highest BCUT2D eigenvalue weighted by atomic mass is 32.2. The van der Waals surface area contributed by atoms with E-state index in [0.717, 1.165) is 29.1 Å². The second-order valence-electron chi connectivity index (χ2n) is 6.36. The first-order valence-corrected chi connectivity index (χ1v) is 9.65. The molecule has 0 atom stereocenters. The predicted octanol–water partition coefficient (Wildman–Crippen LogP) is 4.50. The van der Waals surface area contributed by atoms with E-state index in [9.17, 15) is 0 Å². The molecule has 0 aliphatic rings. The van der Waals surface area contributed by atoms with Crippen LogP contribution in [0, 0.1) is 13.8 Å². The van der Waals surface area contributed by atoms with E-state index in [1.807, 2.05) is 25.1 Å². The van der Waals surface area contributed by atoms with Crippen molar-refractivity contribution in [1.29, 1.82) is 0 Å². The van der Waals surface area contributed by atoms with Crippen molar-refractivity contribution in [3.8, 4) is 11.3 Å². The molecule has 0 unspecified atom stereocenters. The summed E-state index contributed by atoms with van der Waals surface area (Å²) in [5, 5.41) is 0. The maximum absolute atomic E-state index is 5.98. The molecule has 0 aliphatic heterocycles. The molecule has 4 nitrogen and oxygen atoms in total. The van der Waals surface area contributed by atoms with Crippen LogP contribution in [-0.4, -0.2) is 17.9 Å². The molecule has 0 radical (unpaired) electrons. The summed E-state index contributed by atoms with van der Waals surface area (Å²) in [7, 11) is 1.68. The Morgan fingerprint density at radius 1 is 1.04 bits per heavy atom. The minimum atomic E-state index is 0.462. The molecule has 0 spiro atoms. The van der Waals surface area contributed by atoms with Crippen LogP contribution in [0.4, 0.5) is 0 Å². The summed E-state index contributed by atoms with van der Waals surface area (Å²) >= 11 is 1.64. The Bertz CT molecular complexity index is 952. The van der Waals surface area contributed by atoms with Gasteiger partial charge >= 0.3 is 0 Å². The molecule has 0 saturated heterocycles. The lowest BCUT2D eigenvalue weighted by Crippen LogP contribution is -2.16. The zero-order chi connectivity index (χ0) is 19.2. The zero-order valence-corrected chi connectivity index (χ0v) is 16.7. The third-order valence-electron chi connectivity index (χ3n) is 4.36. The van der Waals surface area contributed by atoms with Crippen LogP contribution >= 0.6 is 11.9 Å². The average Bonchev–Trinajstić information content (AvgIpc) is 2.69. The minimum Gasteiger partial charge on any atom is -0.382 e. The Morgan fingerprint density at radius 2 is 1.81 bits per heavy atom. The fourth-order valence-electron chi connectivity index (χ4n) is 2.83. The number of nitrogens with zero attached hydrogens (tertiary/aromatic N) is 2. The van der Waals surface area contributed by atoms with E-state index < -0.39 is 0 Å². The van der Waals surface area contributed by atoms with Gasteiger partial charge in [-0.3, -0.25) is 9.71 Å². The highest BCUT2D eigenvalue weighted by molar-refractivity contribution is 7.97. The van der Waals surface area contributed by atoms with Crippen LogP contribution < -0.4 is 10.5 Å². The number of hydrogen-bond acceptors (Lipinski definition) is 4. The van der Waals surface area contributed by atoms with Gasteiger partial charge in [0.05, 0.1) is 5.69 Å². The summed E-state index contributed by atoms with van der Waals surface area (Å²) in [6.45, 7) is 4.93. The Hall–Kier alpha value is -2.63. The number of aryl methyl sites for hydroxylation is 2. The van der Waals surface area contributed by atoms with Crippen molar-refractivity contribution < 1.29 is 0 Å². The van der Waals surface area contributed by atoms with E-state index in [2.05, 4.69) is 59.1 Å². The molecule has 27 heavy (non-hydrogen) atoms. The average molecular weight is 377 g/mol. The minimum absolute atomic E-state index is 0.462. The monoisotopic (exact) mass is 376 g/mol. The van der Waals surface area contributed by atoms with Crippen LogP contribution in [0.2, 0.25) is 0 Å². The van der Waals surface area contributed by atoms with Crippen LogP contribution in [-0.2, 0) is 6.54 Å². The van der Waals surface area contributed by atoms with E-state index in [1.54, 1.807) is 19.0 Å². The van der Waals surface area contributed by atoms with Gasteiger partial charge in [0.2, 0.25) is 0 Å².